The van der Waals surface area contributed by atoms with Gasteiger partial charge in [0.1, 0.15) is 0 Å². The molecule has 31 heavy (non-hydrogen) atoms. The fraction of sp³-hybridized carbons (Fsp3) is 0.278. The highest BCUT2D eigenvalue weighted by molar-refractivity contribution is 7.94. The van der Waals surface area contributed by atoms with Gasteiger partial charge in [0.25, 0.3) is 5.91 Å². The molecule has 2 aromatic carbocycles. The first-order valence-corrected chi connectivity index (χ1v) is 12.0. The summed E-state index contributed by atoms with van der Waals surface area (Å²) in [5.74, 6) is -2.17. The topological polar surface area (TPSA) is 118 Å². The fourth-order valence-corrected chi connectivity index (χ4v) is 5.69. The molecular formula is C18H17ClF3NO6S2. The molecule has 0 spiro atoms. The third kappa shape index (κ3) is 4.86. The summed E-state index contributed by atoms with van der Waals surface area (Å²) in [5, 5.41) is 10.7. The maximum Gasteiger partial charge on any atom is 0.426 e. The van der Waals surface area contributed by atoms with Crippen LogP contribution in [-0.4, -0.2) is 45.4 Å². The molecule has 2 rings (SSSR count). The van der Waals surface area contributed by atoms with Crippen molar-refractivity contribution in [2.24, 2.45) is 0 Å². The normalized spacial score (nSPS) is 14.7. The Labute approximate surface area is 181 Å². The number of halogens is 4. The van der Waals surface area contributed by atoms with Crippen LogP contribution in [0.25, 0.3) is 0 Å². The van der Waals surface area contributed by atoms with E-state index in [1.54, 1.807) is 5.32 Å². The number of sulfone groups is 2. The molecule has 0 fully saturated rings. The van der Waals surface area contributed by atoms with Crippen molar-refractivity contribution in [1.29, 1.82) is 0 Å². The van der Waals surface area contributed by atoms with Crippen molar-refractivity contribution in [1.82, 2.24) is 0 Å². The quantitative estimate of drug-likeness (QED) is 0.630. The minimum atomic E-state index is -5.26. The maximum atomic E-state index is 13.0. The molecule has 0 aliphatic carbocycles. The third-order valence-electron chi connectivity index (χ3n) is 4.35. The number of nitrogens with one attached hydrogen (secondary N) is 1. The Morgan fingerprint density at radius 3 is 2.10 bits per heavy atom. The standard InChI is InChI=1S/C18H17ClF3NO6S2/c1-3-30(26,27)14-6-4-5-7-15(14)31(28,29)11-8-9-13(12(19)10-11)23-16(24)17(2,25)18(20,21)22/h4-10,25H,3H2,1-2H3,(H,23,24)/t17-/m1/s1. The van der Waals surface area contributed by atoms with Gasteiger partial charge in [-0.1, -0.05) is 30.7 Å². The molecule has 13 heteroatoms. The molecule has 0 saturated carbocycles. The molecule has 0 aliphatic heterocycles. The van der Waals surface area contributed by atoms with Gasteiger partial charge in [-0.2, -0.15) is 13.2 Å². The number of aliphatic hydroxyl groups is 1. The van der Waals surface area contributed by atoms with Crippen molar-refractivity contribution in [3.63, 3.8) is 0 Å². The van der Waals surface area contributed by atoms with Crippen LogP contribution in [0.2, 0.25) is 5.02 Å². The average molecular weight is 500 g/mol. The van der Waals surface area contributed by atoms with Gasteiger partial charge in [-0.3, -0.25) is 4.79 Å². The van der Waals surface area contributed by atoms with E-state index in [9.17, 15) is 39.9 Å². The van der Waals surface area contributed by atoms with Crippen LogP contribution in [0.15, 0.2) is 57.2 Å². The largest absolute Gasteiger partial charge is 0.426 e. The minimum absolute atomic E-state index is 0.250. The molecule has 0 aliphatic rings. The Kier molecular flexibility index (Phi) is 6.82. The zero-order valence-electron chi connectivity index (χ0n) is 16.1. The molecule has 0 unspecified atom stereocenters. The number of rotatable bonds is 6. The maximum absolute atomic E-state index is 13.0. The lowest BCUT2D eigenvalue weighted by Crippen LogP contribution is -2.52. The van der Waals surface area contributed by atoms with E-state index in [0.717, 1.165) is 30.3 Å². The number of benzene rings is 2. The van der Waals surface area contributed by atoms with E-state index in [2.05, 4.69) is 0 Å². The lowest BCUT2D eigenvalue weighted by Gasteiger charge is -2.25. The summed E-state index contributed by atoms with van der Waals surface area (Å²) in [6, 6.07) is 7.65. The van der Waals surface area contributed by atoms with Gasteiger partial charge in [-0.15, -0.1) is 0 Å². The van der Waals surface area contributed by atoms with Crippen LogP contribution in [0.5, 0.6) is 0 Å². The molecule has 7 nitrogen and oxygen atoms in total. The van der Waals surface area contributed by atoms with Crippen LogP contribution in [0, 0.1) is 0 Å². The lowest BCUT2D eigenvalue weighted by atomic mass is 10.1. The van der Waals surface area contributed by atoms with Crippen molar-refractivity contribution in [2.75, 3.05) is 11.1 Å². The van der Waals surface area contributed by atoms with Gasteiger partial charge in [0.15, 0.2) is 9.84 Å². The second-order valence-electron chi connectivity index (χ2n) is 6.52. The Balaban J connectivity index is 2.48. The fourth-order valence-electron chi connectivity index (χ4n) is 2.35. The van der Waals surface area contributed by atoms with E-state index >= 15 is 0 Å². The highest BCUT2D eigenvalue weighted by Gasteiger charge is 2.55. The Bertz CT molecular complexity index is 1230. The number of carbonyl (C=O) groups is 1. The summed E-state index contributed by atoms with van der Waals surface area (Å²) < 4.78 is 88.9. The Morgan fingerprint density at radius 2 is 1.61 bits per heavy atom. The van der Waals surface area contributed by atoms with E-state index < -0.39 is 57.1 Å². The molecule has 170 valence electrons. The summed E-state index contributed by atoms with van der Waals surface area (Å²) in [4.78, 5) is 10.4. The van der Waals surface area contributed by atoms with Crippen molar-refractivity contribution in [2.45, 2.75) is 40.3 Å². The van der Waals surface area contributed by atoms with Crippen molar-refractivity contribution in [3.8, 4) is 0 Å². The number of amides is 1. The summed E-state index contributed by atoms with van der Waals surface area (Å²) in [7, 11) is -8.28. The molecule has 0 heterocycles. The van der Waals surface area contributed by atoms with E-state index in [1.165, 1.54) is 19.1 Å². The van der Waals surface area contributed by atoms with Gasteiger partial charge in [0, 0.05) is 0 Å². The summed E-state index contributed by atoms with van der Waals surface area (Å²) in [6.07, 6.45) is -5.26. The molecule has 1 atom stereocenters. The van der Waals surface area contributed by atoms with Crippen LogP contribution in [0.4, 0.5) is 18.9 Å². The molecule has 2 aromatic rings. The first-order valence-electron chi connectivity index (χ1n) is 8.52. The number of hydrogen-bond donors (Lipinski definition) is 2. The third-order valence-corrected chi connectivity index (χ3v) is 8.38. The number of hydrogen-bond acceptors (Lipinski definition) is 6. The van der Waals surface area contributed by atoms with Crippen LogP contribution < -0.4 is 5.32 Å². The van der Waals surface area contributed by atoms with Gasteiger partial charge in [0.05, 0.1) is 31.1 Å². The Morgan fingerprint density at radius 1 is 1.06 bits per heavy atom. The van der Waals surface area contributed by atoms with Crippen LogP contribution in [0.1, 0.15) is 13.8 Å². The van der Waals surface area contributed by atoms with Crippen LogP contribution in [-0.2, 0) is 24.5 Å². The van der Waals surface area contributed by atoms with Gasteiger partial charge in [-0.05, 0) is 37.3 Å². The zero-order chi connectivity index (χ0) is 23.8. The van der Waals surface area contributed by atoms with Gasteiger partial charge < -0.3 is 10.4 Å². The second kappa shape index (κ2) is 8.41. The SMILES string of the molecule is CCS(=O)(=O)c1ccccc1S(=O)(=O)c1ccc(NC(=O)[C@@](C)(O)C(F)(F)F)c(Cl)c1. The van der Waals surface area contributed by atoms with Crippen LogP contribution >= 0.6 is 11.6 Å². The second-order valence-corrected chi connectivity index (χ2v) is 11.1. The highest BCUT2D eigenvalue weighted by Crippen LogP contribution is 2.34. The number of alkyl halides is 3. The van der Waals surface area contributed by atoms with E-state index in [1.807, 2.05) is 0 Å². The van der Waals surface area contributed by atoms with Gasteiger partial charge in [0.2, 0.25) is 15.4 Å². The summed E-state index contributed by atoms with van der Waals surface area (Å²) in [6.45, 7) is 1.60. The molecular weight excluding hydrogens is 483 g/mol. The lowest BCUT2D eigenvalue weighted by molar-refractivity contribution is -0.242. The predicted molar refractivity (Wildman–Crippen MR) is 106 cm³/mol. The van der Waals surface area contributed by atoms with Crippen molar-refractivity contribution >= 4 is 42.9 Å². The summed E-state index contributed by atoms with van der Waals surface area (Å²) in [5.41, 5.74) is -4.10. The van der Waals surface area contributed by atoms with Gasteiger partial charge in [-0.25, -0.2) is 16.8 Å². The monoisotopic (exact) mass is 499 g/mol. The molecule has 2 N–H and O–H groups in total. The zero-order valence-corrected chi connectivity index (χ0v) is 18.5. The molecule has 0 saturated heterocycles. The number of carbonyl (C=O) groups excluding carboxylic acids is 1. The highest BCUT2D eigenvalue weighted by atomic mass is 35.5. The predicted octanol–water partition coefficient (Wildman–Crippen LogP) is 3.22. The first kappa shape index (κ1) is 25.1. The Hall–Kier alpha value is -2.15. The minimum Gasteiger partial charge on any atom is -0.373 e. The average Bonchev–Trinajstić information content (AvgIpc) is 2.68. The number of anilines is 1. The van der Waals surface area contributed by atoms with Crippen molar-refractivity contribution in [3.05, 3.63) is 47.5 Å². The molecule has 0 radical (unpaired) electrons. The first-order chi connectivity index (χ1) is 14.1. The molecule has 1 amide bonds. The molecule has 0 aromatic heterocycles. The van der Waals surface area contributed by atoms with Crippen molar-refractivity contribution < 1.29 is 39.9 Å². The van der Waals surface area contributed by atoms with Crippen LogP contribution in [0.3, 0.4) is 0 Å². The van der Waals surface area contributed by atoms with E-state index in [-0.39, 0.29) is 18.4 Å². The van der Waals surface area contributed by atoms with E-state index in [0.29, 0.717) is 0 Å². The van der Waals surface area contributed by atoms with Gasteiger partial charge >= 0.3 is 6.18 Å². The summed E-state index contributed by atoms with van der Waals surface area (Å²) >= 11 is 5.93. The smallest absolute Gasteiger partial charge is 0.373 e. The molecule has 0 bridgehead atoms. The van der Waals surface area contributed by atoms with E-state index in [4.69, 9.17) is 11.6 Å².